The fraction of sp³-hybridized carbons (Fsp3) is 0.529. The van der Waals surface area contributed by atoms with E-state index in [0.717, 1.165) is 5.56 Å². The van der Waals surface area contributed by atoms with Crippen molar-refractivity contribution >= 4 is 12.0 Å². The first kappa shape index (κ1) is 17.9. The topological polar surface area (TPSA) is 88.1 Å². The number of nitrogens with one attached hydrogen (secondary N) is 1. The van der Waals surface area contributed by atoms with Gasteiger partial charge < -0.3 is 24.8 Å². The predicted molar refractivity (Wildman–Crippen MR) is 88.4 cm³/mol. The van der Waals surface area contributed by atoms with Gasteiger partial charge in [-0.15, -0.1) is 0 Å². The fourth-order valence-electron chi connectivity index (χ4n) is 2.88. The Bertz CT molecular complexity index is 605. The van der Waals surface area contributed by atoms with E-state index in [9.17, 15) is 9.59 Å². The number of methoxy groups -OCH3 is 2. The third kappa shape index (κ3) is 3.90. The van der Waals surface area contributed by atoms with Gasteiger partial charge in [-0.2, -0.15) is 0 Å². The number of benzene rings is 1. The Balaban J connectivity index is 2.06. The summed E-state index contributed by atoms with van der Waals surface area (Å²) in [5, 5.41) is 12.0. The van der Waals surface area contributed by atoms with Crippen molar-refractivity contribution in [3.63, 3.8) is 0 Å². The zero-order chi connectivity index (χ0) is 17.7. The van der Waals surface area contributed by atoms with Crippen LogP contribution in [0.15, 0.2) is 18.2 Å². The number of likely N-dealkylation sites (tertiary alicyclic amines) is 1. The van der Waals surface area contributed by atoms with Gasteiger partial charge in [0, 0.05) is 13.1 Å². The van der Waals surface area contributed by atoms with E-state index in [1.54, 1.807) is 25.2 Å². The summed E-state index contributed by atoms with van der Waals surface area (Å²) < 4.78 is 10.5. The molecule has 0 spiro atoms. The Kier molecular flexibility index (Phi) is 5.89. The highest BCUT2D eigenvalue weighted by Crippen LogP contribution is 2.31. The van der Waals surface area contributed by atoms with Crippen molar-refractivity contribution in [3.05, 3.63) is 23.8 Å². The number of carbonyl (C=O) groups excluding carboxylic acids is 1. The zero-order valence-corrected chi connectivity index (χ0v) is 14.2. The van der Waals surface area contributed by atoms with Gasteiger partial charge in [0.2, 0.25) is 0 Å². The van der Waals surface area contributed by atoms with E-state index in [2.05, 4.69) is 5.32 Å². The van der Waals surface area contributed by atoms with E-state index >= 15 is 0 Å². The molecule has 0 aromatic heterocycles. The molecule has 132 valence electrons. The first-order valence-corrected chi connectivity index (χ1v) is 8.00. The summed E-state index contributed by atoms with van der Waals surface area (Å²) in [4.78, 5) is 25.0. The number of rotatable bonds is 6. The monoisotopic (exact) mass is 336 g/mol. The summed E-state index contributed by atoms with van der Waals surface area (Å²) in [5.41, 5.74) is 0.914. The van der Waals surface area contributed by atoms with Crippen LogP contribution >= 0.6 is 0 Å². The Hall–Kier alpha value is -2.44. The number of aliphatic carboxylic acids is 1. The summed E-state index contributed by atoms with van der Waals surface area (Å²) in [6, 6.07) is 5.12. The highest BCUT2D eigenvalue weighted by molar-refractivity contribution is 5.77. The number of carbonyl (C=O) groups is 2. The van der Waals surface area contributed by atoms with E-state index in [1.807, 2.05) is 19.1 Å². The van der Waals surface area contributed by atoms with Gasteiger partial charge in [-0.1, -0.05) is 13.0 Å². The highest BCUT2D eigenvalue weighted by atomic mass is 16.5. The molecule has 2 amide bonds. The molecule has 1 saturated heterocycles. The summed E-state index contributed by atoms with van der Waals surface area (Å²) in [7, 11) is 3.14. The summed E-state index contributed by atoms with van der Waals surface area (Å²) in [6.45, 7) is 2.69. The molecule has 1 aromatic carbocycles. The van der Waals surface area contributed by atoms with Crippen LogP contribution in [0.1, 0.15) is 31.4 Å². The molecule has 0 bridgehead atoms. The Labute approximate surface area is 141 Å². The number of carboxylic acids is 1. The number of urea groups is 1. The summed E-state index contributed by atoms with van der Waals surface area (Å²) in [6.07, 6.45) is 1.20. The molecule has 1 heterocycles. The van der Waals surface area contributed by atoms with Crippen molar-refractivity contribution in [2.75, 3.05) is 27.3 Å². The Morgan fingerprint density at radius 1 is 1.33 bits per heavy atom. The standard InChI is InChI=1S/C17H24N2O5/c1-4-13(11-5-6-14(23-2)15(9-11)24-3)18-17(22)19-8-7-12(10-19)16(20)21/h5-6,9,12-13H,4,7-8,10H2,1-3H3,(H,18,22)(H,20,21). The van der Waals surface area contributed by atoms with Crippen molar-refractivity contribution in [2.24, 2.45) is 5.92 Å². The van der Waals surface area contributed by atoms with Crippen LogP contribution in [0.25, 0.3) is 0 Å². The molecule has 0 saturated carbocycles. The van der Waals surface area contributed by atoms with Crippen LogP contribution in [0.4, 0.5) is 4.79 Å². The first-order valence-electron chi connectivity index (χ1n) is 8.00. The van der Waals surface area contributed by atoms with E-state index in [0.29, 0.717) is 30.9 Å². The van der Waals surface area contributed by atoms with Crippen LogP contribution in [-0.2, 0) is 4.79 Å². The van der Waals surface area contributed by atoms with E-state index < -0.39 is 11.9 Å². The lowest BCUT2D eigenvalue weighted by molar-refractivity contribution is -0.141. The number of hydrogen-bond acceptors (Lipinski definition) is 4. The minimum atomic E-state index is -0.850. The Morgan fingerprint density at radius 2 is 2.04 bits per heavy atom. The molecule has 1 aliphatic rings. The van der Waals surface area contributed by atoms with Crippen molar-refractivity contribution in [1.82, 2.24) is 10.2 Å². The average Bonchev–Trinajstić information content (AvgIpc) is 3.09. The largest absolute Gasteiger partial charge is 0.493 e. The number of carboxylic acid groups (broad SMARTS) is 1. The van der Waals surface area contributed by atoms with Crippen LogP contribution in [0.5, 0.6) is 11.5 Å². The minimum absolute atomic E-state index is 0.179. The molecule has 0 radical (unpaired) electrons. The lowest BCUT2D eigenvalue weighted by Gasteiger charge is -2.23. The molecule has 2 N–H and O–H groups in total. The maximum absolute atomic E-state index is 12.4. The molecule has 1 fully saturated rings. The predicted octanol–water partition coefficient (Wildman–Crippen LogP) is 2.27. The molecule has 7 heteroatoms. The van der Waals surface area contributed by atoms with Crippen LogP contribution in [0.3, 0.4) is 0 Å². The third-order valence-electron chi connectivity index (χ3n) is 4.34. The van der Waals surface area contributed by atoms with Crippen molar-refractivity contribution in [1.29, 1.82) is 0 Å². The Morgan fingerprint density at radius 3 is 2.58 bits per heavy atom. The van der Waals surface area contributed by atoms with E-state index in [-0.39, 0.29) is 18.6 Å². The average molecular weight is 336 g/mol. The van der Waals surface area contributed by atoms with Crippen LogP contribution in [0, 0.1) is 5.92 Å². The first-order chi connectivity index (χ1) is 11.5. The van der Waals surface area contributed by atoms with Crippen molar-refractivity contribution < 1.29 is 24.2 Å². The van der Waals surface area contributed by atoms with Crippen LogP contribution in [-0.4, -0.2) is 49.3 Å². The molecular weight excluding hydrogens is 312 g/mol. The van der Waals surface area contributed by atoms with Gasteiger partial charge in [-0.05, 0) is 30.5 Å². The molecule has 24 heavy (non-hydrogen) atoms. The third-order valence-corrected chi connectivity index (χ3v) is 4.34. The molecule has 1 aromatic rings. The van der Waals surface area contributed by atoms with E-state index in [1.165, 1.54) is 0 Å². The van der Waals surface area contributed by atoms with Gasteiger partial charge in [-0.25, -0.2) is 4.79 Å². The second-order valence-electron chi connectivity index (χ2n) is 5.79. The molecule has 1 aliphatic heterocycles. The van der Waals surface area contributed by atoms with Gasteiger partial charge in [0.25, 0.3) is 0 Å². The molecular formula is C17H24N2O5. The molecule has 7 nitrogen and oxygen atoms in total. The number of ether oxygens (including phenoxy) is 2. The van der Waals surface area contributed by atoms with Gasteiger partial charge in [0.1, 0.15) is 0 Å². The summed E-state index contributed by atoms with van der Waals surface area (Å²) >= 11 is 0. The van der Waals surface area contributed by atoms with Gasteiger partial charge in [-0.3, -0.25) is 4.79 Å². The quantitative estimate of drug-likeness (QED) is 0.832. The van der Waals surface area contributed by atoms with Crippen LogP contribution in [0.2, 0.25) is 0 Å². The lowest BCUT2D eigenvalue weighted by atomic mass is 10.0. The van der Waals surface area contributed by atoms with E-state index in [4.69, 9.17) is 14.6 Å². The number of amides is 2. The normalized spacial score (nSPS) is 18.1. The second kappa shape index (κ2) is 7.90. The maximum atomic E-state index is 12.4. The summed E-state index contributed by atoms with van der Waals surface area (Å²) in [5.74, 6) is -0.0878. The zero-order valence-electron chi connectivity index (χ0n) is 14.2. The number of nitrogens with zero attached hydrogens (tertiary/aromatic N) is 1. The van der Waals surface area contributed by atoms with Crippen molar-refractivity contribution in [2.45, 2.75) is 25.8 Å². The lowest BCUT2D eigenvalue weighted by Crippen LogP contribution is -2.40. The van der Waals surface area contributed by atoms with Gasteiger partial charge in [0.15, 0.2) is 11.5 Å². The highest BCUT2D eigenvalue weighted by Gasteiger charge is 2.31. The molecule has 2 atom stereocenters. The van der Waals surface area contributed by atoms with Crippen LogP contribution < -0.4 is 14.8 Å². The maximum Gasteiger partial charge on any atom is 0.317 e. The second-order valence-corrected chi connectivity index (χ2v) is 5.79. The molecule has 2 rings (SSSR count). The minimum Gasteiger partial charge on any atom is -0.493 e. The molecule has 0 aliphatic carbocycles. The SMILES string of the molecule is CCC(NC(=O)N1CCC(C(=O)O)C1)c1ccc(OC)c(OC)c1. The number of hydrogen-bond donors (Lipinski definition) is 2. The molecule has 2 unspecified atom stereocenters. The smallest absolute Gasteiger partial charge is 0.317 e. The van der Waals surface area contributed by atoms with Crippen molar-refractivity contribution in [3.8, 4) is 11.5 Å². The van der Waals surface area contributed by atoms with Gasteiger partial charge >= 0.3 is 12.0 Å². The van der Waals surface area contributed by atoms with Gasteiger partial charge in [0.05, 0.1) is 26.2 Å². The fourth-order valence-corrected chi connectivity index (χ4v) is 2.88.